The molecule has 116 valence electrons. The molecule has 2 aliphatic carbocycles. The molecule has 2 fully saturated rings. The molecule has 2 bridgehead atoms. The van der Waals surface area contributed by atoms with Gasteiger partial charge in [-0.1, -0.05) is 13.8 Å². The molecule has 1 heterocycles. The largest absolute Gasteiger partial charge is 0.299 e. The third-order valence-corrected chi connectivity index (χ3v) is 7.30. The first kappa shape index (κ1) is 15.0. The van der Waals surface area contributed by atoms with Crippen molar-refractivity contribution in [2.45, 2.75) is 33.1 Å². The van der Waals surface area contributed by atoms with E-state index in [0.29, 0.717) is 23.8 Å². The van der Waals surface area contributed by atoms with Gasteiger partial charge in [0, 0.05) is 6.42 Å². The van der Waals surface area contributed by atoms with Gasteiger partial charge in [0.05, 0.1) is 11.2 Å². The van der Waals surface area contributed by atoms with Crippen LogP contribution >= 0.6 is 11.3 Å². The Hall–Kier alpha value is -0.920. The monoisotopic (exact) mass is 329 g/mol. The predicted octanol–water partition coefficient (Wildman–Crippen LogP) is 2.82. The molecule has 7 heteroatoms. The summed E-state index contributed by atoms with van der Waals surface area (Å²) in [6.45, 7) is 4.02. The first-order valence-corrected chi connectivity index (χ1v) is 9.46. The number of nitrogens with one attached hydrogen (secondary N) is 1. The van der Waals surface area contributed by atoms with E-state index in [1.807, 2.05) is 19.2 Å². The molecule has 0 spiro atoms. The Morgan fingerprint density at radius 3 is 2.76 bits per heavy atom. The van der Waals surface area contributed by atoms with E-state index in [2.05, 4.69) is 5.48 Å². The second-order valence-electron chi connectivity index (χ2n) is 6.53. The number of carbonyl (C=O) groups excluding carboxylic acids is 1. The fourth-order valence-electron chi connectivity index (χ4n) is 3.88. The number of fused-ring (bicyclic) bond motifs is 2. The lowest BCUT2D eigenvalue weighted by Crippen LogP contribution is -2.42. The first-order valence-electron chi connectivity index (χ1n) is 7.01. The topological polar surface area (TPSA) is 72.5 Å². The smallest absolute Gasteiger partial charge is 0.288 e. The van der Waals surface area contributed by atoms with Crippen LogP contribution in [0, 0.1) is 16.7 Å². The van der Waals surface area contributed by atoms with Crippen LogP contribution in [0.15, 0.2) is 17.5 Å². The minimum absolute atomic E-state index is 0.0760. The van der Waals surface area contributed by atoms with Gasteiger partial charge in [0.25, 0.3) is 10.1 Å². The van der Waals surface area contributed by atoms with Crippen molar-refractivity contribution >= 4 is 32.2 Å². The number of Topliss-reactive ketones (excluding diaryl/α,β-unsaturated/α-hetero) is 1. The number of thiophene rings is 1. The predicted molar refractivity (Wildman–Crippen MR) is 81.4 cm³/mol. The van der Waals surface area contributed by atoms with Crippen molar-refractivity contribution in [2.24, 2.45) is 16.7 Å². The van der Waals surface area contributed by atoms with Gasteiger partial charge in [-0.2, -0.15) is 12.7 Å². The molecule has 5 nitrogen and oxygen atoms in total. The molecule has 0 aliphatic heterocycles. The normalized spacial score (nSPS) is 30.8. The maximum atomic E-state index is 12.3. The van der Waals surface area contributed by atoms with Gasteiger partial charge in [0.2, 0.25) is 0 Å². The molecule has 2 aliphatic rings. The summed E-state index contributed by atoms with van der Waals surface area (Å²) >= 11 is 1.35. The summed E-state index contributed by atoms with van der Waals surface area (Å²) in [6.07, 6.45) is 2.07. The van der Waals surface area contributed by atoms with Gasteiger partial charge >= 0.3 is 0 Å². The minimum atomic E-state index is -3.81. The van der Waals surface area contributed by atoms with Crippen LogP contribution in [0.5, 0.6) is 0 Å². The van der Waals surface area contributed by atoms with Gasteiger partial charge in [-0.3, -0.25) is 4.79 Å². The van der Waals surface area contributed by atoms with E-state index in [9.17, 15) is 13.2 Å². The van der Waals surface area contributed by atoms with Gasteiger partial charge in [-0.15, -0.1) is 11.3 Å². The van der Waals surface area contributed by atoms with E-state index in [1.54, 1.807) is 12.1 Å². The van der Waals surface area contributed by atoms with E-state index in [4.69, 9.17) is 4.28 Å². The van der Waals surface area contributed by atoms with E-state index in [0.717, 1.165) is 6.42 Å². The van der Waals surface area contributed by atoms with Crippen molar-refractivity contribution in [2.75, 3.05) is 11.2 Å². The van der Waals surface area contributed by atoms with E-state index < -0.39 is 15.5 Å². The summed E-state index contributed by atoms with van der Waals surface area (Å²) in [5.41, 5.74) is 1.40. The van der Waals surface area contributed by atoms with Crippen molar-refractivity contribution in [3.05, 3.63) is 17.5 Å². The molecular weight excluding hydrogens is 310 g/mol. The highest BCUT2D eigenvalue weighted by molar-refractivity contribution is 7.86. The maximum Gasteiger partial charge on any atom is 0.288 e. The molecule has 1 aromatic rings. The number of ketones is 1. The first-order chi connectivity index (χ1) is 9.77. The Bertz CT molecular complexity index is 651. The van der Waals surface area contributed by atoms with Crippen molar-refractivity contribution in [3.63, 3.8) is 0 Å². The Morgan fingerprint density at radius 2 is 2.24 bits per heavy atom. The quantitative estimate of drug-likeness (QED) is 0.841. The van der Waals surface area contributed by atoms with E-state index in [-0.39, 0.29) is 17.0 Å². The lowest BCUT2D eigenvalue weighted by Gasteiger charge is -2.35. The molecule has 1 N–H and O–H groups in total. The average molecular weight is 329 g/mol. The zero-order valence-corrected chi connectivity index (χ0v) is 13.7. The maximum absolute atomic E-state index is 12.3. The highest BCUT2D eigenvalue weighted by Crippen LogP contribution is 2.64. The molecule has 0 aromatic carbocycles. The van der Waals surface area contributed by atoms with Crippen LogP contribution in [-0.2, 0) is 19.2 Å². The average Bonchev–Trinajstić information content (AvgIpc) is 3.02. The van der Waals surface area contributed by atoms with Crippen molar-refractivity contribution in [1.29, 1.82) is 0 Å². The van der Waals surface area contributed by atoms with Crippen molar-refractivity contribution < 1.29 is 17.5 Å². The molecule has 1 aromatic heterocycles. The summed E-state index contributed by atoms with van der Waals surface area (Å²) in [4.78, 5) is 12.3. The van der Waals surface area contributed by atoms with Gasteiger partial charge in [0.1, 0.15) is 10.8 Å². The highest BCUT2D eigenvalue weighted by Gasteiger charge is 2.65. The third kappa shape index (κ3) is 2.31. The fourth-order valence-corrected chi connectivity index (χ4v) is 6.04. The summed E-state index contributed by atoms with van der Waals surface area (Å²) in [5.74, 6) is 0.137. The summed E-state index contributed by atoms with van der Waals surface area (Å²) in [6, 6.07) is 3.53. The van der Waals surface area contributed by atoms with E-state index in [1.165, 1.54) is 11.3 Å². The molecular formula is C14H19NO4S2. The highest BCUT2D eigenvalue weighted by atomic mass is 32.2. The summed E-state index contributed by atoms with van der Waals surface area (Å²) in [5, 5.41) is 2.44. The minimum Gasteiger partial charge on any atom is -0.299 e. The molecule has 0 amide bonds. The molecule has 21 heavy (non-hydrogen) atoms. The van der Waals surface area contributed by atoms with Gasteiger partial charge in [0.15, 0.2) is 0 Å². The van der Waals surface area contributed by atoms with Crippen LogP contribution in [0.2, 0.25) is 0 Å². The molecule has 0 saturated heterocycles. The van der Waals surface area contributed by atoms with E-state index >= 15 is 0 Å². The Morgan fingerprint density at radius 1 is 1.48 bits per heavy atom. The fraction of sp³-hybridized carbons (Fsp3) is 0.643. The van der Waals surface area contributed by atoms with Crippen molar-refractivity contribution in [3.8, 4) is 0 Å². The number of hydrogen-bond donors (Lipinski definition) is 1. The number of carbonyl (C=O) groups is 1. The Labute approximate surface area is 128 Å². The van der Waals surface area contributed by atoms with Crippen LogP contribution in [0.3, 0.4) is 0 Å². The zero-order valence-electron chi connectivity index (χ0n) is 12.1. The SMILES string of the molecule is CC1(C)C2CCC1(CS(=O)(=O)ONc1cccs1)C(=O)C2. The number of rotatable bonds is 5. The number of hydrogen-bond acceptors (Lipinski definition) is 6. The third-order valence-electron chi connectivity index (χ3n) is 5.35. The lowest BCUT2D eigenvalue weighted by molar-refractivity contribution is -0.128. The molecule has 2 saturated carbocycles. The lowest BCUT2D eigenvalue weighted by atomic mass is 9.70. The summed E-state index contributed by atoms with van der Waals surface area (Å²) in [7, 11) is -3.81. The van der Waals surface area contributed by atoms with Gasteiger partial charge in [-0.25, -0.2) is 5.48 Å². The van der Waals surface area contributed by atoms with Crippen LogP contribution in [0.1, 0.15) is 33.1 Å². The zero-order chi connectivity index (χ0) is 15.3. The van der Waals surface area contributed by atoms with Crippen molar-refractivity contribution in [1.82, 2.24) is 0 Å². The van der Waals surface area contributed by atoms with Gasteiger partial charge < -0.3 is 0 Å². The second-order valence-corrected chi connectivity index (χ2v) is 9.05. The van der Waals surface area contributed by atoms with Gasteiger partial charge in [-0.05, 0) is 41.7 Å². The molecule has 3 rings (SSSR count). The summed E-state index contributed by atoms with van der Waals surface area (Å²) < 4.78 is 29.4. The molecule has 0 radical (unpaired) electrons. The number of anilines is 1. The second kappa shape index (κ2) is 4.79. The van der Waals surface area contributed by atoms with Crippen LogP contribution in [-0.4, -0.2) is 20.0 Å². The Kier molecular flexibility index (Phi) is 3.42. The standard InChI is InChI=1S/C14H19NO4S2/c1-13(2)10-5-6-14(13,11(16)8-10)9-21(17,18)19-15-12-4-3-7-20-12/h3-4,7,10,15H,5-6,8-9H2,1-2H3. The molecule has 2 atom stereocenters. The van der Waals surface area contributed by atoms with Crippen LogP contribution in [0.4, 0.5) is 5.00 Å². The Balaban J connectivity index is 1.77. The van der Waals surface area contributed by atoms with Crippen LogP contribution < -0.4 is 5.48 Å². The van der Waals surface area contributed by atoms with Crippen LogP contribution in [0.25, 0.3) is 0 Å². The molecule has 2 unspecified atom stereocenters.